The molecular formula is C61H106O12. The van der Waals surface area contributed by atoms with Gasteiger partial charge in [-0.25, -0.2) is 4.79 Å². The molecule has 0 aromatic rings. The van der Waals surface area contributed by atoms with Gasteiger partial charge in [0, 0.05) is 19.3 Å². The van der Waals surface area contributed by atoms with Crippen LogP contribution in [-0.4, -0.2) is 89.2 Å². The van der Waals surface area contributed by atoms with E-state index in [2.05, 4.69) is 51.2 Å². The van der Waals surface area contributed by atoms with E-state index in [9.17, 15) is 34.5 Å². The molecule has 0 aromatic carbocycles. The van der Waals surface area contributed by atoms with Crippen molar-refractivity contribution in [3.63, 3.8) is 0 Å². The van der Waals surface area contributed by atoms with Crippen LogP contribution < -0.4 is 0 Å². The van der Waals surface area contributed by atoms with Crippen LogP contribution in [0.15, 0.2) is 48.6 Å². The molecule has 0 aliphatic carbocycles. The third-order valence-electron chi connectivity index (χ3n) is 13.4. The van der Waals surface area contributed by atoms with Crippen molar-refractivity contribution in [2.24, 2.45) is 0 Å². The van der Waals surface area contributed by atoms with E-state index in [0.29, 0.717) is 25.7 Å². The lowest BCUT2D eigenvalue weighted by Crippen LogP contribution is -2.61. The summed E-state index contributed by atoms with van der Waals surface area (Å²) in [5.41, 5.74) is 0. The first-order chi connectivity index (χ1) is 35.6. The Morgan fingerprint density at radius 2 is 0.863 bits per heavy atom. The van der Waals surface area contributed by atoms with Crippen LogP contribution in [-0.2, 0) is 42.9 Å². The molecule has 0 saturated carbocycles. The summed E-state index contributed by atoms with van der Waals surface area (Å²) in [6.07, 6.45) is 46.8. The van der Waals surface area contributed by atoms with Crippen LogP contribution in [0.2, 0.25) is 0 Å². The van der Waals surface area contributed by atoms with Crippen molar-refractivity contribution < 1.29 is 58.2 Å². The zero-order valence-corrected chi connectivity index (χ0v) is 46.4. The SMILES string of the molecule is CC/C=C\C/C=C\C/C=C\C/C=C\CCC(=O)OC1C(OCC(COC(=O)CCCCCCCCCCCCCCCCCCC)OC(=O)CCCCCCCCCCCCCCC)OC(C(=O)O)C(O)C1O. The Hall–Kier alpha value is -3.32. The fourth-order valence-corrected chi connectivity index (χ4v) is 8.91. The number of rotatable bonds is 50. The fraction of sp³-hybridized carbons (Fsp3) is 0.803. The van der Waals surface area contributed by atoms with Crippen molar-refractivity contribution in [1.29, 1.82) is 0 Å². The highest BCUT2D eigenvalue weighted by atomic mass is 16.7. The number of aliphatic hydroxyl groups excluding tert-OH is 2. The van der Waals surface area contributed by atoms with E-state index in [1.165, 1.54) is 141 Å². The van der Waals surface area contributed by atoms with E-state index in [-0.39, 0.29) is 25.9 Å². The number of carboxylic acid groups (broad SMARTS) is 1. The van der Waals surface area contributed by atoms with Crippen molar-refractivity contribution in [3.05, 3.63) is 48.6 Å². The van der Waals surface area contributed by atoms with Gasteiger partial charge in [-0.2, -0.15) is 0 Å². The first-order valence-electron chi connectivity index (χ1n) is 29.6. The summed E-state index contributed by atoms with van der Waals surface area (Å²) in [5.74, 6) is -3.20. The Bertz CT molecular complexity index is 1460. The van der Waals surface area contributed by atoms with Gasteiger partial charge in [-0.1, -0.05) is 249 Å². The minimum absolute atomic E-state index is 0.0581. The zero-order valence-electron chi connectivity index (χ0n) is 46.4. The molecular weight excluding hydrogens is 925 g/mol. The summed E-state index contributed by atoms with van der Waals surface area (Å²) in [6.45, 7) is 5.86. The summed E-state index contributed by atoms with van der Waals surface area (Å²) >= 11 is 0. The number of esters is 3. The van der Waals surface area contributed by atoms with Gasteiger partial charge in [-0.05, 0) is 44.9 Å². The highest BCUT2D eigenvalue weighted by Crippen LogP contribution is 2.26. The van der Waals surface area contributed by atoms with E-state index in [1.54, 1.807) is 0 Å². The van der Waals surface area contributed by atoms with Crippen molar-refractivity contribution in [1.82, 2.24) is 0 Å². The Morgan fingerprint density at radius 3 is 1.29 bits per heavy atom. The van der Waals surface area contributed by atoms with Crippen LogP contribution in [0.25, 0.3) is 0 Å². The predicted molar refractivity (Wildman–Crippen MR) is 294 cm³/mol. The van der Waals surface area contributed by atoms with Crippen LogP contribution >= 0.6 is 0 Å². The predicted octanol–water partition coefficient (Wildman–Crippen LogP) is 15.0. The number of unbranched alkanes of at least 4 members (excludes halogenated alkanes) is 28. The van der Waals surface area contributed by atoms with Crippen LogP contribution in [0.5, 0.6) is 0 Å². The van der Waals surface area contributed by atoms with Crippen molar-refractivity contribution in [3.8, 4) is 0 Å². The molecule has 1 fully saturated rings. The number of carboxylic acids is 1. The molecule has 6 atom stereocenters. The Labute approximate surface area is 443 Å². The molecule has 422 valence electrons. The maximum Gasteiger partial charge on any atom is 0.335 e. The van der Waals surface area contributed by atoms with Crippen LogP contribution in [0.1, 0.15) is 265 Å². The van der Waals surface area contributed by atoms with E-state index in [4.69, 9.17) is 23.7 Å². The summed E-state index contributed by atoms with van der Waals surface area (Å²) in [7, 11) is 0. The summed E-state index contributed by atoms with van der Waals surface area (Å²) in [5, 5.41) is 31.4. The monoisotopic (exact) mass is 1030 g/mol. The molecule has 1 heterocycles. The molecule has 1 saturated heterocycles. The lowest BCUT2D eigenvalue weighted by Gasteiger charge is -2.40. The fourth-order valence-electron chi connectivity index (χ4n) is 8.91. The number of allylic oxidation sites excluding steroid dienone is 8. The number of ether oxygens (including phenoxy) is 5. The number of carbonyl (C=O) groups is 4. The molecule has 12 heteroatoms. The minimum Gasteiger partial charge on any atom is -0.479 e. The average molecular weight is 1030 g/mol. The minimum atomic E-state index is -1.92. The highest BCUT2D eigenvalue weighted by molar-refractivity contribution is 5.74. The third kappa shape index (κ3) is 39.7. The van der Waals surface area contributed by atoms with Gasteiger partial charge >= 0.3 is 23.9 Å². The summed E-state index contributed by atoms with van der Waals surface area (Å²) in [6, 6.07) is 0. The topological polar surface area (TPSA) is 175 Å². The number of aliphatic carboxylic acids is 1. The van der Waals surface area contributed by atoms with Gasteiger partial charge in [-0.3, -0.25) is 14.4 Å². The lowest BCUT2D eigenvalue weighted by atomic mass is 9.98. The normalized spacial score (nSPS) is 18.6. The van der Waals surface area contributed by atoms with E-state index >= 15 is 0 Å². The number of hydrogen-bond donors (Lipinski definition) is 3. The first-order valence-corrected chi connectivity index (χ1v) is 29.6. The standard InChI is InChI=1S/C61H106O12/c1-4-7-10-13-16-19-22-25-26-27-28-31-32-35-38-41-44-47-53(62)69-50-52(71-54(63)48-45-42-39-36-33-29-23-20-17-14-11-8-5-2)51-70-61-59(57(66)56(65)58(73-61)60(67)68)72-55(64)49-46-43-40-37-34-30-24-21-18-15-12-9-6-3/h9,12,18,21,30,34,40,43,52,56-59,61,65-66H,4-8,10-11,13-17,19-20,22-29,31-33,35-39,41-42,44-51H2,1-3H3,(H,67,68)/b12-9-,21-18-,34-30-,43-40-. The van der Waals surface area contributed by atoms with Gasteiger partial charge in [0.1, 0.15) is 18.8 Å². The van der Waals surface area contributed by atoms with Gasteiger partial charge < -0.3 is 39.0 Å². The second-order valence-electron chi connectivity index (χ2n) is 20.3. The number of aliphatic hydroxyl groups is 2. The van der Waals surface area contributed by atoms with Crippen molar-refractivity contribution >= 4 is 23.9 Å². The van der Waals surface area contributed by atoms with Gasteiger partial charge in [0.25, 0.3) is 0 Å². The third-order valence-corrected chi connectivity index (χ3v) is 13.4. The quantitative estimate of drug-likeness (QED) is 0.0228. The van der Waals surface area contributed by atoms with Crippen LogP contribution in [0, 0.1) is 0 Å². The molecule has 73 heavy (non-hydrogen) atoms. The Morgan fingerprint density at radius 1 is 0.466 bits per heavy atom. The maximum atomic E-state index is 13.1. The van der Waals surface area contributed by atoms with E-state index < -0.39 is 67.3 Å². The van der Waals surface area contributed by atoms with Crippen LogP contribution in [0.3, 0.4) is 0 Å². The zero-order chi connectivity index (χ0) is 53.3. The molecule has 0 aromatic heterocycles. The van der Waals surface area contributed by atoms with Gasteiger partial charge in [-0.15, -0.1) is 0 Å². The smallest absolute Gasteiger partial charge is 0.335 e. The van der Waals surface area contributed by atoms with E-state index in [1.807, 2.05) is 18.2 Å². The summed E-state index contributed by atoms with van der Waals surface area (Å²) in [4.78, 5) is 51.0. The molecule has 0 spiro atoms. The molecule has 1 aliphatic rings. The van der Waals surface area contributed by atoms with Gasteiger partial charge in [0.15, 0.2) is 24.6 Å². The van der Waals surface area contributed by atoms with Crippen LogP contribution in [0.4, 0.5) is 0 Å². The number of hydrogen-bond acceptors (Lipinski definition) is 11. The molecule has 0 radical (unpaired) electrons. The Balaban J connectivity index is 2.70. The molecule has 0 amide bonds. The van der Waals surface area contributed by atoms with Crippen molar-refractivity contribution in [2.45, 2.75) is 302 Å². The highest BCUT2D eigenvalue weighted by Gasteiger charge is 2.50. The molecule has 12 nitrogen and oxygen atoms in total. The molecule has 6 unspecified atom stereocenters. The second kappa shape index (κ2) is 49.6. The lowest BCUT2D eigenvalue weighted by molar-refractivity contribution is -0.301. The second-order valence-corrected chi connectivity index (χ2v) is 20.3. The average Bonchev–Trinajstić information content (AvgIpc) is 3.37. The first kappa shape index (κ1) is 67.7. The van der Waals surface area contributed by atoms with E-state index in [0.717, 1.165) is 57.8 Å². The van der Waals surface area contributed by atoms with Gasteiger partial charge in [0.2, 0.25) is 0 Å². The molecule has 1 rings (SSSR count). The maximum absolute atomic E-state index is 13.1. The number of carbonyl (C=O) groups excluding carboxylic acids is 3. The van der Waals surface area contributed by atoms with Crippen molar-refractivity contribution in [2.75, 3.05) is 13.2 Å². The Kier molecular flexibility index (Phi) is 45.9. The molecule has 0 bridgehead atoms. The summed E-state index contributed by atoms with van der Waals surface area (Å²) < 4.78 is 28.3. The van der Waals surface area contributed by atoms with Gasteiger partial charge in [0.05, 0.1) is 6.61 Å². The molecule has 1 aliphatic heterocycles. The largest absolute Gasteiger partial charge is 0.479 e. The molecule has 3 N–H and O–H groups in total.